The number of rotatable bonds is 10. The van der Waals surface area contributed by atoms with E-state index in [1.807, 2.05) is 36.1 Å². The summed E-state index contributed by atoms with van der Waals surface area (Å²) in [5.74, 6) is 0.764. The summed E-state index contributed by atoms with van der Waals surface area (Å²) < 4.78 is 33.5. The first kappa shape index (κ1) is 29.5. The molecule has 11 heteroatoms. The van der Waals surface area contributed by atoms with E-state index in [4.69, 9.17) is 16.3 Å². The van der Waals surface area contributed by atoms with Gasteiger partial charge in [-0.25, -0.2) is 8.42 Å². The van der Waals surface area contributed by atoms with Crippen molar-refractivity contribution in [3.63, 3.8) is 0 Å². The molecule has 1 aliphatic heterocycles. The van der Waals surface area contributed by atoms with Crippen LogP contribution in [0.3, 0.4) is 0 Å². The van der Waals surface area contributed by atoms with E-state index in [2.05, 4.69) is 10.0 Å². The molecule has 0 saturated carbocycles. The minimum absolute atomic E-state index is 0.0573. The highest BCUT2D eigenvalue weighted by atomic mass is 35.5. The van der Waals surface area contributed by atoms with Crippen molar-refractivity contribution >= 4 is 56.6 Å². The Balaban J connectivity index is 1.20. The standard InChI is InChI=1S/C31H28ClN3O5S2/c1-2-40-27-15-11-26(12-16-27)34-42(38,39)28-17-13-25(14-18-28)33-30(37)22-5-7-23(8-6-22)31-35(29(36)20-41-31)19-21-3-9-24(32)10-4-21/h3-18,31,34H,2,19-20H2,1H3,(H,33,37)/t31-/m1/s1. The van der Waals surface area contributed by atoms with Gasteiger partial charge in [0.05, 0.1) is 17.3 Å². The zero-order valence-corrected chi connectivity index (χ0v) is 25.0. The number of nitrogens with zero attached hydrogens (tertiary/aromatic N) is 1. The van der Waals surface area contributed by atoms with Crippen LogP contribution in [0.4, 0.5) is 11.4 Å². The lowest BCUT2D eigenvalue weighted by Gasteiger charge is -2.24. The highest BCUT2D eigenvalue weighted by Gasteiger charge is 2.32. The number of nitrogens with one attached hydrogen (secondary N) is 2. The maximum absolute atomic E-state index is 12.9. The summed E-state index contributed by atoms with van der Waals surface area (Å²) in [6.07, 6.45) is 0. The predicted octanol–water partition coefficient (Wildman–Crippen LogP) is 6.57. The molecule has 4 aromatic carbocycles. The van der Waals surface area contributed by atoms with Crippen LogP contribution < -0.4 is 14.8 Å². The molecule has 1 heterocycles. The van der Waals surface area contributed by atoms with E-state index in [0.717, 1.165) is 11.1 Å². The van der Waals surface area contributed by atoms with Gasteiger partial charge in [0.25, 0.3) is 15.9 Å². The van der Waals surface area contributed by atoms with Crippen LogP contribution in [0.2, 0.25) is 5.02 Å². The van der Waals surface area contributed by atoms with Gasteiger partial charge in [-0.05, 0) is 90.8 Å². The average Bonchev–Trinajstić information content (AvgIpc) is 3.35. The second-order valence-corrected chi connectivity index (χ2v) is 12.7. The highest BCUT2D eigenvalue weighted by Crippen LogP contribution is 2.39. The smallest absolute Gasteiger partial charge is 0.261 e. The maximum Gasteiger partial charge on any atom is 0.261 e. The van der Waals surface area contributed by atoms with Crippen molar-refractivity contribution in [2.45, 2.75) is 23.7 Å². The Hall–Kier alpha value is -3.99. The van der Waals surface area contributed by atoms with Crippen LogP contribution >= 0.6 is 23.4 Å². The summed E-state index contributed by atoms with van der Waals surface area (Å²) in [6, 6.07) is 27.1. The molecular weight excluding hydrogens is 594 g/mol. The minimum atomic E-state index is -3.82. The van der Waals surface area contributed by atoms with Crippen molar-refractivity contribution in [3.8, 4) is 5.75 Å². The van der Waals surface area contributed by atoms with E-state index in [0.29, 0.717) is 46.6 Å². The molecule has 8 nitrogen and oxygen atoms in total. The normalized spacial score (nSPS) is 15.0. The topological polar surface area (TPSA) is 105 Å². The number of hydrogen-bond donors (Lipinski definition) is 2. The van der Waals surface area contributed by atoms with Gasteiger partial charge in [0.2, 0.25) is 5.91 Å². The number of hydrogen-bond acceptors (Lipinski definition) is 6. The van der Waals surface area contributed by atoms with Crippen molar-refractivity contribution in [3.05, 3.63) is 119 Å². The van der Waals surface area contributed by atoms with E-state index in [-0.39, 0.29) is 22.1 Å². The molecule has 0 radical (unpaired) electrons. The minimum Gasteiger partial charge on any atom is -0.494 e. The monoisotopic (exact) mass is 621 g/mol. The molecule has 0 aliphatic carbocycles. The molecule has 1 atom stereocenters. The summed E-state index contributed by atoms with van der Waals surface area (Å²) in [5, 5.41) is 3.28. The molecule has 1 fully saturated rings. The number of anilines is 2. The summed E-state index contributed by atoms with van der Waals surface area (Å²) in [4.78, 5) is 27.4. The average molecular weight is 622 g/mol. The molecule has 0 aromatic heterocycles. The molecule has 1 saturated heterocycles. The Morgan fingerprint density at radius 2 is 1.57 bits per heavy atom. The van der Waals surface area contributed by atoms with E-state index in [1.165, 1.54) is 24.3 Å². The van der Waals surface area contributed by atoms with Gasteiger partial charge in [-0.3, -0.25) is 14.3 Å². The first-order valence-corrected chi connectivity index (χ1v) is 16.1. The van der Waals surface area contributed by atoms with Crippen molar-refractivity contribution < 1.29 is 22.7 Å². The van der Waals surface area contributed by atoms with Crippen LogP contribution in [0.1, 0.15) is 33.8 Å². The number of sulfonamides is 1. The van der Waals surface area contributed by atoms with Crippen LogP contribution in [0.15, 0.2) is 102 Å². The van der Waals surface area contributed by atoms with Gasteiger partial charge in [-0.15, -0.1) is 11.8 Å². The van der Waals surface area contributed by atoms with Gasteiger partial charge >= 0.3 is 0 Å². The Morgan fingerprint density at radius 3 is 2.21 bits per heavy atom. The lowest BCUT2D eigenvalue weighted by atomic mass is 10.1. The first-order chi connectivity index (χ1) is 20.2. The second-order valence-electron chi connectivity index (χ2n) is 9.47. The Labute approximate surface area is 254 Å². The quantitative estimate of drug-likeness (QED) is 0.208. The third kappa shape index (κ3) is 7.07. The molecule has 2 N–H and O–H groups in total. The number of ether oxygens (including phenoxy) is 1. The van der Waals surface area contributed by atoms with Crippen molar-refractivity contribution in [1.82, 2.24) is 4.90 Å². The van der Waals surface area contributed by atoms with Crippen molar-refractivity contribution in [2.75, 3.05) is 22.4 Å². The molecular formula is C31H28ClN3O5S2. The molecule has 1 aliphatic rings. The third-order valence-corrected chi connectivity index (χ3v) is 9.44. The predicted molar refractivity (Wildman–Crippen MR) is 166 cm³/mol. The fourth-order valence-electron chi connectivity index (χ4n) is 4.41. The second kappa shape index (κ2) is 12.9. The van der Waals surface area contributed by atoms with Gasteiger partial charge in [0, 0.05) is 28.5 Å². The number of carbonyl (C=O) groups excluding carboxylic acids is 2. The summed E-state index contributed by atoms with van der Waals surface area (Å²) in [7, 11) is -3.82. The van der Waals surface area contributed by atoms with Gasteiger partial charge in [0.1, 0.15) is 11.1 Å². The Morgan fingerprint density at radius 1 is 0.929 bits per heavy atom. The van der Waals surface area contributed by atoms with E-state index < -0.39 is 10.0 Å². The number of amides is 2. The van der Waals surface area contributed by atoms with E-state index in [9.17, 15) is 18.0 Å². The summed E-state index contributed by atoms with van der Waals surface area (Å²) >= 11 is 7.54. The SMILES string of the molecule is CCOc1ccc(NS(=O)(=O)c2ccc(NC(=O)c3ccc([C@H]4SCC(=O)N4Cc4ccc(Cl)cc4)cc3)cc2)cc1. The summed E-state index contributed by atoms with van der Waals surface area (Å²) in [5.41, 5.74) is 3.21. The summed E-state index contributed by atoms with van der Waals surface area (Å²) in [6.45, 7) is 2.86. The van der Waals surface area contributed by atoms with Gasteiger partial charge < -0.3 is 15.0 Å². The number of carbonyl (C=O) groups is 2. The Bertz CT molecular complexity index is 1660. The largest absolute Gasteiger partial charge is 0.494 e. The molecule has 0 bridgehead atoms. The van der Waals surface area contributed by atoms with E-state index >= 15 is 0 Å². The van der Waals surface area contributed by atoms with Crippen molar-refractivity contribution in [2.24, 2.45) is 0 Å². The van der Waals surface area contributed by atoms with Gasteiger partial charge in [-0.1, -0.05) is 35.9 Å². The highest BCUT2D eigenvalue weighted by molar-refractivity contribution is 8.00. The first-order valence-electron chi connectivity index (χ1n) is 13.1. The molecule has 4 aromatic rings. The maximum atomic E-state index is 12.9. The molecule has 216 valence electrons. The third-order valence-electron chi connectivity index (χ3n) is 6.53. The zero-order valence-electron chi connectivity index (χ0n) is 22.6. The number of halogens is 1. The van der Waals surface area contributed by atoms with Crippen molar-refractivity contribution in [1.29, 1.82) is 0 Å². The lowest BCUT2D eigenvalue weighted by Crippen LogP contribution is -2.27. The van der Waals surface area contributed by atoms with Crippen LogP contribution in [-0.2, 0) is 21.4 Å². The Kier molecular flexibility index (Phi) is 9.06. The van der Waals surface area contributed by atoms with Gasteiger partial charge in [0.15, 0.2) is 0 Å². The van der Waals surface area contributed by atoms with Crippen LogP contribution in [0.5, 0.6) is 5.75 Å². The van der Waals surface area contributed by atoms with Crippen LogP contribution in [0.25, 0.3) is 0 Å². The fraction of sp³-hybridized carbons (Fsp3) is 0.161. The molecule has 2 amide bonds. The number of benzene rings is 4. The van der Waals surface area contributed by atoms with Crippen LogP contribution in [0, 0.1) is 0 Å². The van der Waals surface area contributed by atoms with Crippen LogP contribution in [-0.4, -0.2) is 37.5 Å². The zero-order chi connectivity index (χ0) is 29.7. The van der Waals surface area contributed by atoms with Gasteiger partial charge in [-0.2, -0.15) is 0 Å². The molecule has 0 spiro atoms. The lowest BCUT2D eigenvalue weighted by molar-refractivity contribution is -0.128. The fourth-order valence-corrected chi connectivity index (χ4v) is 6.78. The molecule has 5 rings (SSSR count). The molecule has 0 unspecified atom stereocenters. The van der Waals surface area contributed by atoms with E-state index in [1.54, 1.807) is 60.3 Å². The number of thioether (sulfide) groups is 1. The molecule has 42 heavy (non-hydrogen) atoms.